The highest BCUT2D eigenvalue weighted by molar-refractivity contribution is 5.42. The SMILES string of the molecule is CC.COc1cc(C)ccc1OC1CCCC1O. The quantitative estimate of drug-likeness (QED) is 0.897. The fourth-order valence-corrected chi connectivity index (χ4v) is 2.08. The van der Waals surface area contributed by atoms with Gasteiger partial charge in [-0.1, -0.05) is 19.9 Å². The third-order valence-electron chi connectivity index (χ3n) is 3.02. The maximum absolute atomic E-state index is 9.70. The van der Waals surface area contributed by atoms with Gasteiger partial charge >= 0.3 is 0 Å². The van der Waals surface area contributed by atoms with Gasteiger partial charge in [0.15, 0.2) is 11.5 Å². The minimum Gasteiger partial charge on any atom is -0.493 e. The molecule has 1 aromatic carbocycles. The largest absolute Gasteiger partial charge is 0.493 e. The van der Waals surface area contributed by atoms with E-state index < -0.39 is 0 Å². The van der Waals surface area contributed by atoms with E-state index in [1.54, 1.807) is 7.11 Å². The molecule has 1 fully saturated rings. The van der Waals surface area contributed by atoms with Gasteiger partial charge in [0, 0.05) is 0 Å². The molecule has 1 aromatic rings. The van der Waals surface area contributed by atoms with E-state index in [1.165, 1.54) is 0 Å². The number of hydrogen-bond acceptors (Lipinski definition) is 3. The standard InChI is InChI=1S/C13H18O3.C2H6/c1-9-6-7-12(13(8-9)15-2)16-11-5-3-4-10(11)14;1-2/h6-8,10-11,14H,3-5H2,1-2H3;1-2H3. The third kappa shape index (κ3) is 3.64. The third-order valence-corrected chi connectivity index (χ3v) is 3.02. The second kappa shape index (κ2) is 7.27. The first-order valence-corrected chi connectivity index (χ1v) is 6.70. The first kappa shape index (κ1) is 14.8. The fraction of sp³-hybridized carbons (Fsp3) is 0.600. The number of aryl methyl sites for hydroxylation is 1. The summed E-state index contributed by atoms with van der Waals surface area (Å²) in [7, 11) is 1.63. The summed E-state index contributed by atoms with van der Waals surface area (Å²) >= 11 is 0. The van der Waals surface area contributed by atoms with E-state index in [2.05, 4.69) is 0 Å². The van der Waals surface area contributed by atoms with E-state index >= 15 is 0 Å². The van der Waals surface area contributed by atoms with Crippen LogP contribution in [0.3, 0.4) is 0 Å². The monoisotopic (exact) mass is 252 g/mol. The topological polar surface area (TPSA) is 38.7 Å². The summed E-state index contributed by atoms with van der Waals surface area (Å²) in [6.07, 6.45) is 2.35. The molecule has 2 unspecified atom stereocenters. The number of methoxy groups -OCH3 is 1. The van der Waals surface area contributed by atoms with Crippen LogP contribution in [0.15, 0.2) is 18.2 Å². The van der Waals surface area contributed by atoms with Crippen LogP contribution in [0.2, 0.25) is 0 Å². The highest BCUT2D eigenvalue weighted by Crippen LogP contribution is 2.32. The second-order valence-corrected chi connectivity index (χ2v) is 4.31. The van der Waals surface area contributed by atoms with E-state index in [0.717, 1.165) is 36.3 Å². The first-order chi connectivity index (χ1) is 8.70. The van der Waals surface area contributed by atoms with E-state index in [-0.39, 0.29) is 12.2 Å². The van der Waals surface area contributed by atoms with Crippen molar-refractivity contribution < 1.29 is 14.6 Å². The summed E-state index contributed by atoms with van der Waals surface area (Å²) in [6, 6.07) is 5.83. The molecule has 102 valence electrons. The van der Waals surface area contributed by atoms with Crippen molar-refractivity contribution in [2.24, 2.45) is 0 Å². The van der Waals surface area contributed by atoms with Gasteiger partial charge in [-0.15, -0.1) is 0 Å². The average molecular weight is 252 g/mol. The lowest BCUT2D eigenvalue weighted by Gasteiger charge is -2.19. The van der Waals surface area contributed by atoms with Crippen LogP contribution >= 0.6 is 0 Å². The zero-order valence-corrected chi connectivity index (χ0v) is 11.8. The molecule has 0 amide bonds. The van der Waals surface area contributed by atoms with Crippen LogP contribution in [0.4, 0.5) is 0 Å². The smallest absolute Gasteiger partial charge is 0.161 e. The molecule has 0 radical (unpaired) electrons. The molecular formula is C15H24O3. The summed E-state index contributed by atoms with van der Waals surface area (Å²) in [4.78, 5) is 0. The lowest BCUT2D eigenvalue weighted by Crippen LogP contribution is -2.25. The van der Waals surface area contributed by atoms with Gasteiger partial charge in [-0.2, -0.15) is 0 Å². The molecule has 2 atom stereocenters. The molecule has 1 aliphatic rings. The molecule has 1 saturated carbocycles. The van der Waals surface area contributed by atoms with Crippen LogP contribution in [0.25, 0.3) is 0 Å². The Hall–Kier alpha value is -1.22. The zero-order chi connectivity index (χ0) is 13.5. The van der Waals surface area contributed by atoms with Crippen LogP contribution in [-0.4, -0.2) is 24.4 Å². The van der Waals surface area contributed by atoms with Crippen molar-refractivity contribution in [1.82, 2.24) is 0 Å². The Labute approximate surface area is 110 Å². The van der Waals surface area contributed by atoms with E-state index in [1.807, 2.05) is 39.0 Å². The molecule has 3 nitrogen and oxygen atoms in total. The number of benzene rings is 1. The van der Waals surface area contributed by atoms with Crippen LogP contribution in [0.1, 0.15) is 38.7 Å². The molecule has 18 heavy (non-hydrogen) atoms. The maximum atomic E-state index is 9.70. The van der Waals surface area contributed by atoms with Crippen molar-refractivity contribution in [3.8, 4) is 11.5 Å². The van der Waals surface area contributed by atoms with Gasteiger partial charge in [-0.05, 0) is 43.9 Å². The molecule has 0 heterocycles. The summed E-state index contributed by atoms with van der Waals surface area (Å²) in [5, 5.41) is 9.70. The number of aliphatic hydroxyl groups is 1. The Morgan fingerprint density at radius 2 is 1.89 bits per heavy atom. The molecule has 1 N–H and O–H groups in total. The van der Waals surface area contributed by atoms with E-state index in [9.17, 15) is 5.11 Å². The molecule has 0 spiro atoms. The predicted molar refractivity (Wildman–Crippen MR) is 73.4 cm³/mol. The molecule has 0 aliphatic heterocycles. The van der Waals surface area contributed by atoms with Crippen molar-refractivity contribution in [1.29, 1.82) is 0 Å². The van der Waals surface area contributed by atoms with Gasteiger partial charge in [0.2, 0.25) is 0 Å². The van der Waals surface area contributed by atoms with E-state index in [0.29, 0.717) is 0 Å². The average Bonchev–Trinajstić information content (AvgIpc) is 2.80. The van der Waals surface area contributed by atoms with Crippen molar-refractivity contribution in [2.45, 2.75) is 52.2 Å². The number of ether oxygens (including phenoxy) is 2. The molecular weight excluding hydrogens is 228 g/mol. The summed E-state index contributed by atoms with van der Waals surface area (Å²) in [5.74, 6) is 1.46. The highest BCUT2D eigenvalue weighted by atomic mass is 16.5. The zero-order valence-electron chi connectivity index (χ0n) is 11.8. The molecule has 0 aromatic heterocycles. The number of hydrogen-bond donors (Lipinski definition) is 1. The molecule has 3 heteroatoms. The Bertz CT molecular complexity index is 363. The number of rotatable bonds is 3. The first-order valence-electron chi connectivity index (χ1n) is 6.70. The normalized spacial score (nSPS) is 22.1. The van der Waals surface area contributed by atoms with Crippen LogP contribution in [0.5, 0.6) is 11.5 Å². The summed E-state index contributed by atoms with van der Waals surface area (Å²) in [6.45, 7) is 6.01. The molecule has 2 rings (SSSR count). The Kier molecular flexibility index (Phi) is 5.99. The number of aliphatic hydroxyl groups excluding tert-OH is 1. The second-order valence-electron chi connectivity index (χ2n) is 4.31. The summed E-state index contributed by atoms with van der Waals surface area (Å²) < 4.78 is 11.1. The van der Waals surface area contributed by atoms with Gasteiger partial charge in [0.25, 0.3) is 0 Å². The lowest BCUT2D eigenvalue weighted by atomic mass is 10.2. The fourth-order valence-electron chi connectivity index (χ4n) is 2.08. The molecule has 0 bridgehead atoms. The van der Waals surface area contributed by atoms with Crippen LogP contribution in [-0.2, 0) is 0 Å². The van der Waals surface area contributed by atoms with Crippen molar-refractivity contribution in [3.63, 3.8) is 0 Å². The molecule has 0 saturated heterocycles. The maximum Gasteiger partial charge on any atom is 0.161 e. The van der Waals surface area contributed by atoms with Crippen LogP contribution in [0, 0.1) is 6.92 Å². The van der Waals surface area contributed by atoms with E-state index in [4.69, 9.17) is 9.47 Å². The van der Waals surface area contributed by atoms with Gasteiger partial charge in [-0.3, -0.25) is 0 Å². The minimum atomic E-state index is -0.342. The Balaban J connectivity index is 0.000000771. The minimum absolute atomic E-state index is 0.0865. The lowest BCUT2D eigenvalue weighted by molar-refractivity contribution is 0.0586. The van der Waals surface area contributed by atoms with Crippen molar-refractivity contribution in [3.05, 3.63) is 23.8 Å². The summed E-state index contributed by atoms with van der Waals surface area (Å²) in [5.41, 5.74) is 1.14. The highest BCUT2D eigenvalue weighted by Gasteiger charge is 2.27. The van der Waals surface area contributed by atoms with Crippen molar-refractivity contribution >= 4 is 0 Å². The van der Waals surface area contributed by atoms with Gasteiger partial charge in [-0.25, -0.2) is 0 Å². The van der Waals surface area contributed by atoms with Crippen LogP contribution < -0.4 is 9.47 Å². The van der Waals surface area contributed by atoms with Gasteiger partial charge < -0.3 is 14.6 Å². The van der Waals surface area contributed by atoms with Gasteiger partial charge in [0.05, 0.1) is 13.2 Å². The predicted octanol–water partition coefficient (Wildman–Crippen LogP) is 3.32. The van der Waals surface area contributed by atoms with Crippen molar-refractivity contribution in [2.75, 3.05) is 7.11 Å². The Morgan fingerprint density at radius 3 is 2.44 bits per heavy atom. The molecule has 1 aliphatic carbocycles. The Morgan fingerprint density at radius 1 is 1.17 bits per heavy atom. The van der Waals surface area contributed by atoms with Gasteiger partial charge in [0.1, 0.15) is 6.10 Å².